The average molecular weight is 298 g/mol. The summed E-state index contributed by atoms with van der Waals surface area (Å²) < 4.78 is 28.6. The molecule has 1 aliphatic carbocycles. The van der Waals surface area contributed by atoms with Crippen molar-refractivity contribution in [2.45, 2.75) is 44.4 Å². The minimum atomic E-state index is -2.82. The smallest absolute Gasteiger partial charge is 0.151 e. The van der Waals surface area contributed by atoms with Crippen molar-refractivity contribution < 1.29 is 12.8 Å². The first kappa shape index (κ1) is 14.1. The first-order valence-corrected chi connectivity index (χ1v) is 9.04. The van der Waals surface area contributed by atoms with E-state index in [0.717, 1.165) is 18.7 Å². The van der Waals surface area contributed by atoms with Crippen LogP contribution in [0, 0.1) is 0 Å². The minimum absolute atomic E-state index is 0.123. The molecule has 0 amide bonds. The van der Waals surface area contributed by atoms with Gasteiger partial charge >= 0.3 is 0 Å². The standard InChI is InChI=1S/C14H22N2O3S/c1-16(13-4-5-20(17,18)10-13)8-14-6-11(9-19-14)7-15-12-2-3-12/h6,9,12-13,15H,2-5,7-8,10H2,1H3. The summed E-state index contributed by atoms with van der Waals surface area (Å²) >= 11 is 0. The van der Waals surface area contributed by atoms with Gasteiger partial charge in [-0.15, -0.1) is 0 Å². The summed E-state index contributed by atoms with van der Waals surface area (Å²) in [5.41, 5.74) is 1.17. The summed E-state index contributed by atoms with van der Waals surface area (Å²) in [4.78, 5) is 2.08. The second-order valence-corrected chi connectivity index (χ2v) is 8.28. The van der Waals surface area contributed by atoms with Crippen LogP contribution in [0.25, 0.3) is 0 Å². The normalized spacial score (nSPS) is 25.4. The van der Waals surface area contributed by atoms with E-state index in [1.165, 1.54) is 18.4 Å². The number of nitrogens with one attached hydrogen (secondary N) is 1. The highest BCUT2D eigenvalue weighted by Crippen LogP contribution is 2.21. The highest BCUT2D eigenvalue weighted by molar-refractivity contribution is 7.91. The SMILES string of the molecule is CN(Cc1cc(CNC2CC2)co1)C1CCS(=O)(=O)C1. The molecule has 0 aromatic carbocycles. The second kappa shape index (κ2) is 5.50. The van der Waals surface area contributed by atoms with E-state index in [1.807, 2.05) is 7.05 Å². The van der Waals surface area contributed by atoms with E-state index >= 15 is 0 Å². The van der Waals surface area contributed by atoms with Gasteiger partial charge in [0.15, 0.2) is 9.84 Å². The second-order valence-electron chi connectivity index (χ2n) is 6.05. The topological polar surface area (TPSA) is 62.6 Å². The molecule has 3 rings (SSSR count). The fraction of sp³-hybridized carbons (Fsp3) is 0.714. The molecule has 2 aliphatic rings. The largest absolute Gasteiger partial charge is 0.468 e. The molecule has 5 nitrogen and oxygen atoms in total. The maximum absolute atomic E-state index is 11.5. The molecule has 1 atom stereocenters. The molecule has 1 aliphatic heterocycles. The molecule has 1 unspecified atom stereocenters. The Morgan fingerprint density at radius 2 is 2.20 bits per heavy atom. The predicted molar refractivity (Wildman–Crippen MR) is 77.1 cm³/mol. The number of rotatable bonds is 6. The van der Waals surface area contributed by atoms with E-state index in [4.69, 9.17) is 4.42 Å². The van der Waals surface area contributed by atoms with Crippen molar-refractivity contribution in [2.24, 2.45) is 0 Å². The lowest BCUT2D eigenvalue weighted by atomic mass is 10.2. The molecule has 112 valence electrons. The van der Waals surface area contributed by atoms with Gasteiger partial charge in [-0.05, 0) is 32.4 Å². The van der Waals surface area contributed by atoms with Crippen LogP contribution in [0.15, 0.2) is 16.7 Å². The summed E-state index contributed by atoms with van der Waals surface area (Å²) in [7, 11) is -0.853. The van der Waals surface area contributed by atoms with Gasteiger partial charge in [0.1, 0.15) is 5.76 Å². The van der Waals surface area contributed by atoms with Gasteiger partial charge in [-0.2, -0.15) is 0 Å². The Bertz CT molecular complexity index is 563. The van der Waals surface area contributed by atoms with Gasteiger partial charge in [0.05, 0.1) is 24.3 Å². The number of sulfone groups is 1. The molecular weight excluding hydrogens is 276 g/mol. The maximum atomic E-state index is 11.5. The molecular formula is C14H22N2O3S. The molecule has 0 radical (unpaired) electrons. The molecule has 2 fully saturated rings. The van der Waals surface area contributed by atoms with E-state index in [9.17, 15) is 8.42 Å². The fourth-order valence-electron chi connectivity index (χ4n) is 2.65. The Hall–Kier alpha value is -0.850. The summed E-state index contributed by atoms with van der Waals surface area (Å²) in [5.74, 6) is 1.50. The lowest BCUT2D eigenvalue weighted by Crippen LogP contribution is -2.31. The predicted octanol–water partition coefficient (Wildman–Crippen LogP) is 1.15. The molecule has 0 spiro atoms. The Kier molecular flexibility index (Phi) is 3.88. The van der Waals surface area contributed by atoms with Crippen molar-refractivity contribution in [1.29, 1.82) is 0 Å². The van der Waals surface area contributed by atoms with Gasteiger partial charge in [0.2, 0.25) is 0 Å². The first-order chi connectivity index (χ1) is 9.52. The Morgan fingerprint density at radius 1 is 1.40 bits per heavy atom. The third kappa shape index (κ3) is 3.62. The number of nitrogens with zero attached hydrogens (tertiary/aromatic N) is 1. The van der Waals surface area contributed by atoms with Crippen LogP contribution in [0.1, 0.15) is 30.6 Å². The summed E-state index contributed by atoms with van der Waals surface area (Å²) in [6.07, 6.45) is 5.09. The molecule has 6 heteroatoms. The van der Waals surface area contributed by atoms with Crippen molar-refractivity contribution in [3.05, 3.63) is 23.7 Å². The van der Waals surface area contributed by atoms with Crippen LogP contribution in [-0.2, 0) is 22.9 Å². The zero-order valence-corrected chi connectivity index (χ0v) is 12.7. The molecule has 1 saturated carbocycles. The lowest BCUT2D eigenvalue weighted by Gasteiger charge is -2.21. The molecule has 1 aromatic heterocycles. The molecule has 0 bridgehead atoms. The van der Waals surface area contributed by atoms with Crippen molar-refractivity contribution in [3.8, 4) is 0 Å². The quantitative estimate of drug-likeness (QED) is 0.853. The van der Waals surface area contributed by atoms with Gasteiger partial charge in [-0.25, -0.2) is 8.42 Å². The monoisotopic (exact) mass is 298 g/mol. The maximum Gasteiger partial charge on any atom is 0.151 e. The number of furan rings is 1. The van der Waals surface area contributed by atoms with E-state index in [1.54, 1.807) is 6.26 Å². The van der Waals surface area contributed by atoms with Crippen LogP contribution < -0.4 is 5.32 Å². The van der Waals surface area contributed by atoms with Crippen molar-refractivity contribution in [3.63, 3.8) is 0 Å². The van der Waals surface area contributed by atoms with Crippen molar-refractivity contribution >= 4 is 9.84 Å². The average Bonchev–Trinajstić information content (AvgIpc) is 3.00. The zero-order chi connectivity index (χ0) is 14.2. The summed E-state index contributed by atoms with van der Waals surface area (Å²) in [6.45, 7) is 1.53. The van der Waals surface area contributed by atoms with Crippen LogP contribution in [-0.4, -0.2) is 44.0 Å². The van der Waals surface area contributed by atoms with Crippen LogP contribution in [0.3, 0.4) is 0 Å². The lowest BCUT2D eigenvalue weighted by molar-refractivity contribution is 0.234. The third-order valence-corrected chi connectivity index (χ3v) is 5.87. The van der Waals surface area contributed by atoms with Gasteiger partial charge in [0, 0.05) is 24.2 Å². The fourth-order valence-corrected chi connectivity index (χ4v) is 4.45. The van der Waals surface area contributed by atoms with Crippen LogP contribution in [0.2, 0.25) is 0 Å². The molecule has 2 heterocycles. The molecule has 1 N–H and O–H groups in total. The van der Waals surface area contributed by atoms with Gasteiger partial charge < -0.3 is 9.73 Å². The van der Waals surface area contributed by atoms with Gasteiger partial charge in [-0.1, -0.05) is 0 Å². The van der Waals surface area contributed by atoms with Crippen LogP contribution >= 0.6 is 0 Å². The summed E-state index contributed by atoms with van der Waals surface area (Å²) in [5, 5.41) is 3.45. The van der Waals surface area contributed by atoms with Gasteiger partial charge in [0.25, 0.3) is 0 Å². The first-order valence-electron chi connectivity index (χ1n) is 7.22. The highest BCUT2D eigenvalue weighted by atomic mass is 32.2. The summed E-state index contributed by atoms with van der Waals surface area (Å²) in [6, 6.07) is 2.88. The van der Waals surface area contributed by atoms with Crippen LogP contribution in [0.5, 0.6) is 0 Å². The minimum Gasteiger partial charge on any atom is -0.468 e. The number of hydrogen-bond donors (Lipinski definition) is 1. The third-order valence-electron chi connectivity index (χ3n) is 4.12. The molecule has 1 saturated heterocycles. The van der Waals surface area contributed by atoms with E-state index < -0.39 is 9.84 Å². The number of hydrogen-bond acceptors (Lipinski definition) is 5. The molecule has 1 aromatic rings. The van der Waals surface area contributed by atoms with E-state index in [0.29, 0.717) is 18.3 Å². The zero-order valence-electron chi connectivity index (χ0n) is 11.8. The van der Waals surface area contributed by atoms with E-state index in [2.05, 4.69) is 16.3 Å². The van der Waals surface area contributed by atoms with E-state index in [-0.39, 0.29) is 11.8 Å². The van der Waals surface area contributed by atoms with Crippen LogP contribution in [0.4, 0.5) is 0 Å². The van der Waals surface area contributed by atoms with Gasteiger partial charge in [-0.3, -0.25) is 4.90 Å². The van der Waals surface area contributed by atoms with Crippen molar-refractivity contribution in [1.82, 2.24) is 10.2 Å². The highest BCUT2D eigenvalue weighted by Gasteiger charge is 2.30. The molecule has 20 heavy (non-hydrogen) atoms. The Labute approximate surface area is 120 Å². The Balaban J connectivity index is 1.51. The Morgan fingerprint density at radius 3 is 2.85 bits per heavy atom. The van der Waals surface area contributed by atoms with Crippen molar-refractivity contribution in [2.75, 3.05) is 18.6 Å².